The molecule has 0 unspecified atom stereocenters. The summed E-state index contributed by atoms with van der Waals surface area (Å²) in [5.41, 5.74) is -0.196. The van der Waals surface area contributed by atoms with Gasteiger partial charge in [0.1, 0.15) is 5.75 Å². The average molecular weight is 344 g/mol. The Balaban J connectivity index is 2.34. The van der Waals surface area contributed by atoms with Crippen molar-refractivity contribution in [3.63, 3.8) is 0 Å². The molecule has 5 nitrogen and oxygen atoms in total. The summed E-state index contributed by atoms with van der Waals surface area (Å²) in [6, 6.07) is 3.23. The number of hydrogen-bond acceptors (Lipinski definition) is 4. The highest BCUT2D eigenvalue weighted by Crippen LogP contribution is 2.57. The molecule has 3 rings (SSSR count). The van der Waals surface area contributed by atoms with Crippen LogP contribution in [0.4, 0.5) is 0 Å². The van der Waals surface area contributed by atoms with Crippen LogP contribution in [0.1, 0.15) is 74.4 Å². The molecule has 0 heterocycles. The number of aliphatic carboxylic acids is 1. The minimum Gasteiger partial charge on any atom is -0.508 e. The van der Waals surface area contributed by atoms with E-state index in [4.69, 9.17) is 0 Å². The zero-order valence-electron chi connectivity index (χ0n) is 15.0. The number of ketones is 1. The van der Waals surface area contributed by atoms with Gasteiger partial charge in [-0.2, -0.15) is 0 Å². The Labute approximate surface area is 147 Å². The maximum absolute atomic E-state index is 12.8. The third-order valence-corrected chi connectivity index (χ3v) is 6.01. The van der Waals surface area contributed by atoms with Gasteiger partial charge in [0.05, 0.1) is 5.41 Å². The molecule has 1 aromatic rings. The second kappa shape index (κ2) is 5.35. The second-order valence-electron chi connectivity index (χ2n) is 7.99. The van der Waals surface area contributed by atoms with Crippen molar-refractivity contribution in [3.05, 3.63) is 40.2 Å². The van der Waals surface area contributed by atoms with Crippen molar-refractivity contribution in [1.82, 2.24) is 0 Å². The number of phenols is 1. The molecule has 0 bridgehead atoms. The van der Waals surface area contributed by atoms with Crippen molar-refractivity contribution in [2.24, 2.45) is 5.41 Å². The SMILES string of the molecule is CC(C)c1cc2c(cc1O)[C@@]1(C)CCC[C@@](C)(C(=O)O)C1=C(O)C2=O. The Morgan fingerprint density at radius 1 is 1.16 bits per heavy atom. The molecule has 0 radical (unpaired) electrons. The number of allylic oxidation sites excluding steroid dienone is 1. The van der Waals surface area contributed by atoms with E-state index in [0.717, 1.165) is 0 Å². The van der Waals surface area contributed by atoms with Crippen LogP contribution in [0.15, 0.2) is 23.5 Å². The first-order valence-electron chi connectivity index (χ1n) is 8.63. The number of phenolic OH excluding ortho intramolecular Hbond substituents is 1. The van der Waals surface area contributed by atoms with Crippen LogP contribution in [0.3, 0.4) is 0 Å². The van der Waals surface area contributed by atoms with Crippen molar-refractivity contribution in [2.45, 2.75) is 58.3 Å². The highest BCUT2D eigenvalue weighted by Gasteiger charge is 2.55. The zero-order chi connectivity index (χ0) is 18.7. The van der Waals surface area contributed by atoms with Crippen LogP contribution in [-0.4, -0.2) is 27.1 Å². The quantitative estimate of drug-likeness (QED) is 0.752. The Hall–Kier alpha value is -2.30. The minimum atomic E-state index is -1.29. The Morgan fingerprint density at radius 3 is 2.36 bits per heavy atom. The summed E-state index contributed by atoms with van der Waals surface area (Å²) in [6.45, 7) is 7.26. The zero-order valence-corrected chi connectivity index (χ0v) is 15.0. The van der Waals surface area contributed by atoms with Gasteiger partial charge in [0, 0.05) is 16.6 Å². The lowest BCUT2D eigenvalue weighted by molar-refractivity contribution is -0.147. The van der Waals surface area contributed by atoms with Crippen LogP contribution < -0.4 is 0 Å². The predicted molar refractivity (Wildman–Crippen MR) is 93.1 cm³/mol. The number of rotatable bonds is 2. The molecular formula is C20H24O5. The summed E-state index contributed by atoms with van der Waals surface area (Å²) in [5.74, 6) is -1.92. The monoisotopic (exact) mass is 344 g/mol. The lowest BCUT2D eigenvalue weighted by Gasteiger charge is -2.48. The highest BCUT2D eigenvalue weighted by atomic mass is 16.4. The van der Waals surface area contributed by atoms with Crippen molar-refractivity contribution in [2.75, 3.05) is 0 Å². The molecule has 5 heteroatoms. The van der Waals surface area contributed by atoms with Crippen LogP contribution in [-0.2, 0) is 10.2 Å². The van der Waals surface area contributed by atoms with Crippen LogP contribution in [0.25, 0.3) is 0 Å². The van der Waals surface area contributed by atoms with Crippen LogP contribution >= 0.6 is 0 Å². The van der Waals surface area contributed by atoms with Gasteiger partial charge in [0.2, 0.25) is 5.78 Å². The Bertz CT molecular complexity index is 820. The van der Waals surface area contributed by atoms with Crippen molar-refractivity contribution in [3.8, 4) is 5.75 Å². The molecule has 0 amide bonds. The number of aromatic hydroxyl groups is 1. The van der Waals surface area contributed by atoms with Gasteiger partial charge in [-0.1, -0.05) is 27.2 Å². The minimum absolute atomic E-state index is 0.0223. The van der Waals surface area contributed by atoms with E-state index in [1.807, 2.05) is 20.8 Å². The van der Waals surface area contributed by atoms with Gasteiger partial charge in [-0.15, -0.1) is 0 Å². The van der Waals surface area contributed by atoms with Gasteiger partial charge in [-0.25, -0.2) is 0 Å². The summed E-state index contributed by atoms with van der Waals surface area (Å²) in [4.78, 5) is 24.8. The normalized spacial score (nSPS) is 28.8. The summed E-state index contributed by atoms with van der Waals surface area (Å²) >= 11 is 0. The maximum Gasteiger partial charge on any atom is 0.313 e. The lowest BCUT2D eigenvalue weighted by Crippen LogP contribution is -2.47. The molecule has 2 aliphatic rings. The van der Waals surface area contributed by atoms with Gasteiger partial charge < -0.3 is 15.3 Å². The smallest absolute Gasteiger partial charge is 0.313 e. The summed E-state index contributed by atoms with van der Waals surface area (Å²) < 4.78 is 0. The first kappa shape index (κ1) is 17.5. The van der Waals surface area contributed by atoms with Gasteiger partial charge >= 0.3 is 5.97 Å². The molecule has 3 N–H and O–H groups in total. The number of aliphatic hydroxyl groups excluding tert-OH is 1. The molecular weight excluding hydrogens is 320 g/mol. The molecule has 2 aliphatic carbocycles. The number of benzene rings is 1. The molecule has 1 aromatic carbocycles. The maximum atomic E-state index is 12.8. The van der Waals surface area contributed by atoms with Crippen molar-refractivity contribution in [1.29, 1.82) is 0 Å². The molecule has 134 valence electrons. The first-order valence-corrected chi connectivity index (χ1v) is 8.63. The van der Waals surface area contributed by atoms with E-state index in [9.17, 15) is 24.9 Å². The molecule has 0 aromatic heterocycles. The summed E-state index contributed by atoms with van der Waals surface area (Å²) in [6.07, 6.45) is 1.66. The number of Topliss-reactive ketones (excluding diaryl/α,β-unsaturated/α-hetero) is 1. The van der Waals surface area contributed by atoms with Crippen LogP contribution in [0, 0.1) is 5.41 Å². The third-order valence-electron chi connectivity index (χ3n) is 6.01. The Kier molecular flexibility index (Phi) is 3.75. The number of hydrogen-bond donors (Lipinski definition) is 3. The van der Waals surface area contributed by atoms with E-state index in [2.05, 4.69) is 0 Å². The van der Waals surface area contributed by atoms with Crippen molar-refractivity contribution >= 4 is 11.8 Å². The van der Waals surface area contributed by atoms with E-state index in [-0.39, 0.29) is 17.2 Å². The predicted octanol–water partition coefficient (Wildman–Crippen LogP) is 4.06. The number of fused-ring (bicyclic) bond motifs is 3. The highest BCUT2D eigenvalue weighted by molar-refractivity contribution is 6.11. The van der Waals surface area contributed by atoms with Gasteiger partial charge in [-0.3, -0.25) is 9.59 Å². The number of carbonyl (C=O) groups excluding carboxylic acids is 1. The number of carbonyl (C=O) groups is 2. The third kappa shape index (κ3) is 2.21. The topological polar surface area (TPSA) is 94.8 Å². The van der Waals surface area contributed by atoms with Gasteiger partial charge in [0.15, 0.2) is 5.76 Å². The largest absolute Gasteiger partial charge is 0.508 e. The summed E-state index contributed by atoms with van der Waals surface area (Å²) in [7, 11) is 0. The summed E-state index contributed by atoms with van der Waals surface area (Å²) in [5, 5.41) is 30.9. The molecule has 0 saturated heterocycles. The molecule has 0 aliphatic heterocycles. The molecule has 0 spiro atoms. The molecule has 25 heavy (non-hydrogen) atoms. The van der Waals surface area contributed by atoms with E-state index in [1.54, 1.807) is 19.1 Å². The van der Waals surface area contributed by atoms with Crippen LogP contribution in [0.5, 0.6) is 5.75 Å². The molecule has 1 fully saturated rings. The first-order chi connectivity index (χ1) is 11.5. The average Bonchev–Trinajstić information content (AvgIpc) is 2.52. The fraction of sp³-hybridized carbons (Fsp3) is 0.500. The van der Waals surface area contributed by atoms with Gasteiger partial charge in [0.25, 0.3) is 0 Å². The van der Waals surface area contributed by atoms with Crippen LogP contribution in [0.2, 0.25) is 0 Å². The molecule has 1 saturated carbocycles. The van der Waals surface area contributed by atoms with E-state index < -0.39 is 28.3 Å². The lowest BCUT2D eigenvalue weighted by atomic mass is 9.54. The van der Waals surface area contributed by atoms with Gasteiger partial charge in [-0.05, 0) is 48.9 Å². The number of aliphatic hydroxyl groups is 1. The fourth-order valence-corrected chi connectivity index (χ4v) is 4.61. The van der Waals surface area contributed by atoms with E-state index in [0.29, 0.717) is 36.0 Å². The van der Waals surface area contributed by atoms with E-state index in [1.165, 1.54) is 0 Å². The van der Waals surface area contributed by atoms with E-state index >= 15 is 0 Å². The second-order valence-corrected chi connectivity index (χ2v) is 7.99. The standard InChI is InChI=1S/C20H24O5/c1-10(2)11-8-12-13(9-14(11)21)19(3)6-5-7-20(4,18(24)25)17(19)16(23)15(12)22/h8-10,21,23H,5-7H2,1-4H3,(H,24,25)/t19-,20-/m1/s1. The molecule has 2 atom stereocenters. The van der Waals surface area contributed by atoms with Crippen molar-refractivity contribution < 1.29 is 24.9 Å². The number of carboxylic acids is 1. The Morgan fingerprint density at radius 2 is 1.80 bits per heavy atom. The fourth-order valence-electron chi connectivity index (χ4n) is 4.61. The number of carboxylic acid groups (broad SMARTS) is 1.